The zero-order chi connectivity index (χ0) is 13.2. The molecule has 0 fully saturated rings. The van der Waals surface area contributed by atoms with Gasteiger partial charge in [-0.3, -0.25) is 4.79 Å². The van der Waals surface area contributed by atoms with Gasteiger partial charge in [-0.15, -0.1) is 0 Å². The first-order valence-electron chi connectivity index (χ1n) is 5.11. The number of hydrogen-bond donors (Lipinski definition) is 0. The third-order valence-corrected chi connectivity index (χ3v) is 3.57. The molecule has 0 aliphatic rings. The number of hydrogen-bond acceptors (Lipinski definition) is 1. The maximum Gasteiger partial charge on any atom is 0.416 e. The number of ketones is 1. The summed E-state index contributed by atoms with van der Waals surface area (Å²) in [7, 11) is 0. The van der Waals surface area contributed by atoms with E-state index in [1.54, 1.807) is 13.0 Å². The summed E-state index contributed by atoms with van der Waals surface area (Å²) in [6.07, 6.45) is -3.89. The van der Waals surface area contributed by atoms with Gasteiger partial charge in [0.15, 0.2) is 0 Å². The largest absolute Gasteiger partial charge is 0.416 e. The van der Waals surface area contributed by atoms with Gasteiger partial charge in [-0.1, -0.05) is 28.9 Å². The Morgan fingerprint density at radius 1 is 1.35 bits per heavy atom. The first kappa shape index (κ1) is 14.2. The van der Waals surface area contributed by atoms with Crippen molar-refractivity contribution in [2.24, 2.45) is 0 Å². The van der Waals surface area contributed by atoms with Crippen molar-refractivity contribution in [2.75, 3.05) is 0 Å². The van der Waals surface area contributed by atoms with Crippen LogP contribution in [-0.4, -0.2) is 5.78 Å². The quantitative estimate of drug-likeness (QED) is 0.761. The van der Waals surface area contributed by atoms with Crippen molar-refractivity contribution < 1.29 is 18.0 Å². The van der Waals surface area contributed by atoms with E-state index >= 15 is 0 Å². The van der Waals surface area contributed by atoms with Crippen LogP contribution in [0.1, 0.15) is 35.4 Å². The smallest absolute Gasteiger partial charge is 0.298 e. The zero-order valence-corrected chi connectivity index (χ0v) is 11.0. The number of rotatable bonds is 3. The van der Waals surface area contributed by atoms with Crippen LogP contribution in [0.2, 0.25) is 0 Å². The standard InChI is InChI=1S/C12H12BrF3O/c1-3-8-4-9(11(13)7(2)17)6-10(5-8)12(14,15)16/h4-6,11H,3H2,1-2H3. The van der Waals surface area contributed by atoms with Crippen LogP contribution < -0.4 is 0 Å². The molecule has 0 N–H and O–H groups in total. The van der Waals surface area contributed by atoms with Gasteiger partial charge in [-0.2, -0.15) is 13.2 Å². The van der Waals surface area contributed by atoms with E-state index in [0.29, 0.717) is 17.5 Å². The van der Waals surface area contributed by atoms with Crippen molar-refractivity contribution >= 4 is 21.7 Å². The number of Topliss-reactive ketones (excluding diaryl/α,β-unsaturated/α-hetero) is 1. The second kappa shape index (κ2) is 5.21. The van der Waals surface area contributed by atoms with Crippen LogP contribution >= 0.6 is 15.9 Å². The van der Waals surface area contributed by atoms with Crippen molar-refractivity contribution in [1.82, 2.24) is 0 Å². The van der Waals surface area contributed by atoms with Gasteiger partial charge in [0.05, 0.1) is 10.4 Å². The molecule has 1 unspecified atom stereocenters. The van der Waals surface area contributed by atoms with Crippen molar-refractivity contribution in [2.45, 2.75) is 31.3 Å². The number of halogens is 4. The van der Waals surface area contributed by atoms with Gasteiger partial charge in [0.2, 0.25) is 0 Å². The minimum Gasteiger partial charge on any atom is -0.298 e. The molecule has 1 aromatic rings. The first-order valence-corrected chi connectivity index (χ1v) is 6.03. The van der Waals surface area contributed by atoms with Gasteiger partial charge in [0.1, 0.15) is 5.78 Å². The van der Waals surface area contributed by atoms with Crippen LogP contribution in [0, 0.1) is 0 Å². The topological polar surface area (TPSA) is 17.1 Å². The second-order valence-corrected chi connectivity index (χ2v) is 4.70. The lowest BCUT2D eigenvalue weighted by Crippen LogP contribution is -2.09. The molecular weight excluding hydrogens is 297 g/mol. The summed E-state index contributed by atoms with van der Waals surface area (Å²) in [5.74, 6) is -0.216. The Bertz CT molecular complexity index is 426. The summed E-state index contributed by atoms with van der Waals surface area (Å²) in [5.41, 5.74) is 0.210. The lowest BCUT2D eigenvalue weighted by molar-refractivity contribution is -0.137. The minimum atomic E-state index is -4.39. The molecule has 1 nitrogen and oxygen atoms in total. The molecule has 0 spiro atoms. The van der Waals surface area contributed by atoms with E-state index in [2.05, 4.69) is 15.9 Å². The maximum atomic E-state index is 12.6. The Morgan fingerprint density at radius 2 is 1.94 bits per heavy atom. The molecule has 0 radical (unpaired) electrons. The molecule has 1 rings (SSSR count). The molecular formula is C12H12BrF3O. The fraction of sp³-hybridized carbons (Fsp3) is 0.417. The van der Waals surface area contributed by atoms with E-state index in [9.17, 15) is 18.0 Å². The molecule has 0 aliphatic heterocycles. The van der Waals surface area contributed by atoms with Crippen molar-refractivity contribution in [1.29, 1.82) is 0 Å². The fourth-order valence-electron chi connectivity index (χ4n) is 1.47. The summed E-state index contributed by atoms with van der Waals surface area (Å²) in [5, 5.41) is 0. The number of benzene rings is 1. The predicted molar refractivity (Wildman–Crippen MR) is 63.2 cm³/mol. The number of carbonyl (C=O) groups excluding carboxylic acids is 1. The predicted octanol–water partition coefficient (Wildman–Crippen LogP) is 4.29. The molecule has 94 valence electrons. The molecule has 0 bridgehead atoms. The van der Waals surface area contributed by atoms with Crippen LogP contribution in [-0.2, 0) is 17.4 Å². The van der Waals surface area contributed by atoms with E-state index < -0.39 is 16.6 Å². The molecule has 0 saturated carbocycles. The molecule has 1 atom stereocenters. The van der Waals surface area contributed by atoms with Crippen LogP contribution in [0.25, 0.3) is 0 Å². The normalized spacial score (nSPS) is 13.5. The number of aryl methyl sites for hydroxylation is 1. The molecule has 0 aliphatic carbocycles. The monoisotopic (exact) mass is 308 g/mol. The molecule has 0 saturated heterocycles. The molecule has 0 heterocycles. The fourth-order valence-corrected chi connectivity index (χ4v) is 1.73. The Balaban J connectivity index is 3.28. The molecule has 1 aromatic carbocycles. The average molecular weight is 309 g/mol. The van der Waals surface area contributed by atoms with E-state index in [0.717, 1.165) is 12.1 Å². The maximum absolute atomic E-state index is 12.6. The van der Waals surface area contributed by atoms with Crippen LogP contribution in [0.15, 0.2) is 18.2 Å². The van der Waals surface area contributed by atoms with Crippen molar-refractivity contribution in [3.8, 4) is 0 Å². The molecule has 0 amide bonds. The highest BCUT2D eigenvalue weighted by molar-refractivity contribution is 9.09. The van der Waals surface area contributed by atoms with Crippen molar-refractivity contribution in [3.05, 3.63) is 34.9 Å². The number of carbonyl (C=O) groups is 1. The summed E-state index contributed by atoms with van der Waals surface area (Å²) in [4.78, 5) is 10.5. The SMILES string of the molecule is CCc1cc(C(Br)C(C)=O)cc(C(F)(F)F)c1. The lowest BCUT2D eigenvalue weighted by Gasteiger charge is -2.13. The second-order valence-electron chi connectivity index (χ2n) is 3.79. The number of alkyl halides is 4. The Hall–Kier alpha value is -0.840. The highest BCUT2D eigenvalue weighted by Gasteiger charge is 2.31. The van der Waals surface area contributed by atoms with Crippen molar-refractivity contribution in [3.63, 3.8) is 0 Å². The van der Waals surface area contributed by atoms with Gasteiger partial charge in [0.25, 0.3) is 0 Å². The van der Waals surface area contributed by atoms with E-state index in [1.165, 1.54) is 6.92 Å². The summed E-state index contributed by atoms with van der Waals surface area (Å²) in [6, 6.07) is 3.75. The molecule has 0 aromatic heterocycles. The van der Waals surface area contributed by atoms with Crippen LogP contribution in [0.5, 0.6) is 0 Å². The van der Waals surface area contributed by atoms with Gasteiger partial charge in [0, 0.05) is 0 Å². The van der Waals surface area contributed by atoms with Gasteiger partial charge in [-0.25, -0.2) is 0 Å². The average Bonchev–Trinajstić information content (AvgIpc) is 2.26. The third-order valence-electron chi connectivity index (χ3n) is 2.40. The van der Waals surface area contributed by atoms with Gasteiger partial charge in [-0.05, 0) is 36.6 Å². The highest BCUT2D eigenvalue weighted by atomic mass is 79.9. The first-order chi connectivity index (χ1) is 7.75. The summed E-state index contributed by atoms with van der Waals surface area (Å²) < 4.78 is 37.9. The van der Waals surface area contributed by atoms with Gasteiger partial charge < -0.3 is 0 Å². The van der Waals surface area contributed by atoms with E-state index in [4.69, 9.17) is 0 Å². The Labute approximate surface area is 106 Å². The van der Waals surface area contributed by atoms with Gasteiger partial charge >= 0.3 is 6.18 Å². The minimum absolute atomic E-state index is 0.216. The summed E-state index contributed by atoms with van der Waals surface area (Å²) >= 11 is 3.10. The van der Waals surface area contributed by atoms with Crippen LogP contribution in [0.3, 0.4) is 0 Å². The summed E-state index contributed by atoms with van der Waals surface area (Å²) in [6.45, 7) is 3.11. The van der Waals surface area contributed by atoms with E-state index in [1.807, 2.05) is 0 Å². The zero-order valence-electron chi connectivity index (χ0n) is 9.44. The van der Waals surface area contributed by atoms with Crippen LogP contribution in [0.4, 0.5) is 13.2 Å². The Kier molecular flexibility index (Phi) is 4.36. The highest BCUT2D eigenvalue weighted by Crippen LogP contribution is 2.34. The molecule has 5 heteroatoms. The third kappa shape index (κ3) is 3.56. The van der Waals surface area contributed by atoms with E-state index in [-0.39, 0.29) is 5.78 Å². The Morgan fingerprint density at radius 3 is 2.35 bits per heavy atom. The lowest BCUT2D eigenvalue weighted by atomic mass is 10.0. The molecule has 17 heavy (non-hydrogen) atoms.